The average molecular weight is 321 g/mol. The minimum atomic E-state index is -0.306. The lowest BCUT2D eigenvalue weighted by Gasteiger charge is -2.21. The Balaban J connectivity index is 2.06. The van der Waals surface area contributed by atoms with Gasteiger partial charge in [0.1, 0.15) is 5.82 Å². The molecule has 5 heteroatoms. The number of urea groups is 1. The van der Waals surface area contributed by atoms with Crippen LogP contribution in [0.4, 0.5) is 14.9 Å². The van der Waals surface area contributed by atoms with Gasteiger partial charge in [0.25, 0.3) is 0 Å². The third kappa shape index (κ3) is 4.21. The van der Waals surface area contributed by atoms with Gasteiger partial charge in [-0.25, -0.2) is 9.18 Å². The lowest BCUT2D eigenvalue weighted by atomic mass is 10.2. The van der Waals surface area contributed by atoms with Crippen LogP contribution in [0.2, 0.25) is 5.02 Å². The van der Waals surface area contributed by atoms with E-state index < -0.39 is 0 Å². The SMILES string of the molecule is CCN(Cc1cccc(F)c1)C(=O)Nc1ccc(C)c(Cl)c1. The molecule has 2 rings (SSSR count). The summed E-state index contributed by atoms with van der Waals surface area (Å²) in [6.07, 6.45) is 0. The summed E-state index contributed by atoms with van der Waals surface area (Å²) in [4.78, 5) is 13.9. The first kappa shape index (κ1) is 16.3. The maximum atomic E-state index is 13.2. The Kier molecular flexibility index (Phi) is 5.39. The van der Waals surface area contributed by atoms with E-state index >= 15 is 0 Å². The molecule has 0 unspecified atom stereocenters. The smallest absolute Gasteiger partial charge is 0.320 e. The van der Waals surface area contributed by atoms with Crippen molar-refractivity contribution in [2.24, 2.45) is 0 Å². The number of aryl methyl sites for hydroxylation is 1. The zero-order chi connectivity index (χ0) is 16.1. The number of rotatable bonds is 4. The third-order valence-corrected chi connectivity index (χ3v) is 3.76. The highest BCUT2D eigenvalue weighted by molar-refractivity contribution is 6.31. The average Bonchev–Trinajstić information content (AvgIpc) is 2.48. The van der Waals surface area contributed by atoms with Crippen LogP contribution in [0.1, 0.15) is 18.1 Å². The van der Waals surface area contributed by atoms with Gasteiger partial charge in [0.2, 0.25) is 0 Å². The molecule has 116 valence electrons. The van der Waals surface area contributed by atoms with E-state index in [1.807, 2.05) is 19.9 Å². The van der Waals surface area contributed by atoms with Gasteiger partial charge in [-0.15, -0.1) is 0 Å². The highest BCUT2D eigenvalue weighted by Crippen LogP contribution is 2.20. The Morgan fingerprint density at radius 3 is 2.68 bits per heavy atom. The van der Waals surface area contributed by atoms with Gasteiger partial charge in [0, 0.05) is 23.8 Å². The highest BCUT2D eigenvalue weighted by Gasteiger charge is 2.13. The summed E-state index contributed by atoms with van der Waals surface area (Å²) in [6, 6.07) is 11.4. The predicted molar refractivity (Wildman–Crippen MR) is 87.7 cm³/mol. The highest BCUT2D eigenvalue weighted by atomic mass is 35.5. The first-order valence-electron chi connectivity index (χ1n) is 7.06. The zero-order valence-electron chi connectivity index (χ0n) is 12.6. The number of amides is 2. The standard InChI is InChI=1S/C17H18ClFN2O/c1-3-21(11-13-5-4-6-14(19)9-13)17(22)20-15-8-7-12(2)16(18)10-15/h4-10H,3,11H2,1-2H3,(H,20,22). The molecule has 2 aromatic carbocycles. The quantitative estimate of drug-likeness (QED) is 0.858. The molecule has 2 aromatic rings. The topological polar surface area (TPSA) is 32.3 Å². The molecule has 0 heterocycles. The molecule has 0 spiro atoms. The van der Waals surface area contributed by atoms with E-state index in [0.717, 1.165) is 11.1 Å². The van der Waals surface area contributed by atoms with Crippen LogP contribution in [0.3, 0.4) is 0 Å². The molecular weight excluding hydrogens is 303 g/mol. The fourth-order valence-electron chi connectivity index (χ4n) is 2.06. The van der Waals surface area contributed by atoms with Crippen molar-refractivity contribution in [2.45, 2.75) is 20.4 Å². The Labute approximate surface area is 134 Å². The van der Waals surface area contributed by atoms with Crippen molar-refractivity contribution in [3.8, 4) is 0 Å². The van der Waals surface area contributed by atoms with Crippen molar-refractivity contribution in [2.75, 3.05) is 11.9 Å². The maximum Gasteiger partial charge on any atom is 0.322 e. The van der Waals surface area contributed by atoms with E-state index in [4.69, 9.17) is 11.6 Å². The molecule has 22 heavy (non-hydrogen) atoms. The van der Waals surface area contributed by atoms with Gasteiger partial charge < -0.3 is 10.2 Å². The lowest BCUT2D eigenvalue weighted by molar-refractivity contribution is 0.212. The predicted octanol–water partition coefficient (Wildman–Crippen LogP) is 4.84. The number of nitrogens with zero attached hydrogens (tertiary/aromatic N) is 1. The van der Waals surface area contributed by atoms with Crippen molar-refractivity contribution in [3.05, 3.63) is 64.4 Å². The van der Waals surface area contributed by atoms with Gasteiger partial charge in [0.05, 0.1) is 0 Å². The van der Waals surface area contributed by atoms with Gasteiger partial charge in [-0.2, -0.15) is 0 Å². The molecule has 0 atom stereocenters. The molecule has 0 fully saturated rings. The van der Waals surface area contributed by atoms with Crippen molar-refractivity contribution in [3.63, 3.8) is 0 Å². The summed E-state index contributed by atoms with van der Waals surface area (Å²) >= 11 is 6.05. The lowest BCUT2D eigenvalue weighted by Crippen LogP contribution is -2.34. The van der Waals surface area contributed by atoms with E-state index in [0.29, 0.717) is 23.8 Å². The molecule has 0 radical (unpaired) electrons. The first-order chi connectivity index (χ1) is 10.5. The molecule has 0 aliphatic heterocycles. The van der Waals surface area contributed by atoms with Crippen LogP contribution in [-0.4, -0.2) is 17.5 Å². The summed E-state index contributed by atoms with van der Waals surface area (Å²) in [5.41, 5.74) is 2.34. The molecule has 1 N–H and O–H groups in total. The summed E-state index contributed by atoms with van der Waals surface area (Å²) < 4.78 is 13.2. The number of hydrogen-bond acceptors (Lipinski definition) is 1. The number of benzene rings is 2. The first-order valence-corrected chi connectivity index (χ1v) is 7.44. The monoisotopic (exact) mass is 320 g/mol. The van der Waals surface area contributed by atoms with Crippen molar-refractivity contribution in [1.82, 2.24) is 4.90 Å². The number of halogens is 2. The number of anilines is 1. The molecule has 0 bridgehead atoms. The minimum Gasteiger partial charge on any atom is -0.320 e. The van der Waals surface area contributed by atoms with Gasteiger partial charge in [-0.05, 0) is 49.2 Å². The van der Waals surface area contributed by atoms with E-state index in [1.165, 1.54) is 12.1 Å². The van der Waals surface area contributed by atoms with Gasteiger partial charge in [-0.1, -0.05) is 29.8 Å². The van der Waals surface area contributed by atoms with Gasteiger partial charge in [-0.3, -0.25) is 0 Å². The van der Waals surface area contributed by atoms with E-state index in [1.54, 1.807) is 29.2 Å². The molecule has 0 saturated carbocycles. The van der Waals surface area contributed by atoms with Crippen molar-refractivity contribution < 1.29 is 9.18 Å². The summed E-state index contributed by atoms with van der Waals surface area (Å²) in [6.45, 7) is 4.64. The Morgan fingerprint density at radius 2 is 2.05 bits per heavy atom. The normalized spacial score (nSPS) is 10.4. The number of nitrogens with one attached hydrogen (secondary N) is 1. The molecule has 0 aliphatic carbocycles. The summed E-state index contributed by atoms with van der Waals surface area (Å²) in [5, 5.41) is 3.41. The fourth-order valence-corrected chi connectivity index (χ4v) is 2.24. The van der Waals surface area contributed by atoms with Crippen molar-refractivity contribution in [1.29, 1.82) is 0 Å². The third-order valence-electron chi connectivity index (χ3n) is 3.35. The fraction of sp³-hybridized carbons (Fsp3) is 0.235. The molecule has 2 amide bonds. The molecule has 3 nitrogen and oxygen atoms in total. The summed E-state index contributed by atoms with van der Waals surface area (Å²) in [7, 11) is 0. The maximum absolute atomic E-state index is 13.2. The van der Waals surface area contributed by atoms with Crippen LogP contribution in [0.25, 0.3) is 0 Å². The van der Waals surface area contributed by atoms with Crippen LogP contribution >= 0.6 is 11.6 Å². The minimum absolute atomic E-state index is 0.244. The largest absolute Gasteiger partial charge is 0.322 e. The molecular formula is C17H18ClFN2O. The van der Waals surface area contributed by atoms with Crippen LogP contribution in [0.15, 0.2) is 42.5 Å². The van der Waals surface area contributed by atoms with Crippen molar-refractivity contribution >= 4 is 23.3 Å². The second-order valence-corrected chi connectivity index (χ2v) is 5.45. The van der Waals surface area contributed by atoms with E-state index in [-0.39, 0.29) is 11.8 Å². The number of carbonyl (C=O) groups is 1. The Hall–Kier alpha value is -2.07. The number of carbonyl (C=O) groups excluding carboxylic acids is 1. The van der Waals surface area contributed by atoms with Crippen LogP contribution in [0, 0.1) is 12.7 Å². The molecule has 0 saturated heterocycles. The van der Waals surface area contributed by atoms with Gasteiger partial charge >= 0.3 is 6.03 Å². The molecule has 0 aromatic heterocycles. The van der Waals surface area contributed by atoms with Crippen LogP contribution < -0.4 is 5.32 Å². The summed E-state index contributed by atoms with van der Waals surface area (Å²) in [5.74, 6) is -0.306. The van der Waals surface area contributed by atoms with E-state index in [9.17, 15) is 9.18 Å². The second-order valence-electron chi connectivity index (χ2n) is 5.04. The van der Waals surface area contributed by atoms with Crippen LogP contribution in [-0.2, 0) is 6.54 Å². The van der Waals surface area contributed by atoms with Crippen LogP contribution in [0.5, 0.6) is 0 Å². The Morgan fingerprint density at radius 1 is 1.27 bits per heavy atom. The Bertz CT molecular complexity index is 675. The zero-order valence-corrected chi connectivity index (χ0v) is 13.3. The van der Waals surface area contributed by atoms with E-state index in [2.05, 4.69) is 5.32 Å². The van der Waals surface area contributed by atoms with Gasteiger partial charge in [0.15, 0.2) is 0 Å². The molecule has 0 aliphatic rings. The second kappa shape index (κ2) is 7.27. The number of hydrogen-bond donors (Lipinski definition) is 1.